The summed E-state index contributed by atoms with van der Waals surface area (Å²) in [6.45, 7) is 10.7. The van der Waals surface area contributed by atoms with Crippen molar-refractivity contribution >= 4 is 0 Å². The maximum atomic E-state index is 5.70. The molecule has 1 atom stereocenters. The van der Waals surface area contributed by atoms with Crippen LogP contribution in [0.4, 0.5) is 0 Å². The number of likely N-dealkylation sites (N-methyl/N-ethyl adjacent to an activating group) is 1. The fourth-order valence-electron chi connectivity index (χ4n) is 2.99. The largest absolute Gasteiger partial charge is 0.460 e. The number of furan rings is 1. The molecule has 6 nitrogen and oxygen atoms in total. The van der Waals surface area contributed by atoms with Crippen molar-refractivity contribution in [2.75, 3.05) is 39.8 Å². The van der Waals surface area contributed by atoms with E-state index in [9.17, 15) is 0 Å². The first-order valence-electron chi connectivity index (χ1n) is 8.35. The second-order valence-electron chi connectivity index (χ2n) is 6.57. The van der Waals surface area contributed by atoms with E-state index in [0.29, 0.717) is 6.04 Å². The monoisotopic (exact) mass is 317 g/mol. The minimum atomic E-state index is 0.444. The number of aromatic amines is 1. The lowest BCUT2D eigenvalue weighted by molar-refractivity contribution is 0.144. The lowest BCUT2D eigenvalue weighted by atomic mass is 10.2. The zero-order valence-corrected chi connectivity index (χ0v) is 14.3. The molecule has 0 aliphatic carbocycles. The molecule has 1 fully saturated rings. The Kier molecular flexibility index (Phi) is 5.15. The summed E-state index contributed by atoms with van der Waals surface area (Å²) in [7, 11) is 2.19. The predicted octanol–water partition coefficient (Wildman–Crippen LogP) is 1.70. The van der Waals surface area contributed by atoms with Crippen molar-refractivity contribution in [1.29, 1.82) is 0 Å². The van der Waals surface area contributed by atoms with Gasteiger partial charge in [0.25, 0.3) is 0 Å². The summed E-state index contributed by atoms with van der Waals surface area (Å²) < 4.78 is 5.70. The molecule has 126 valence electrons. The van der Waals surface area contributed by atoms with Crippen LogP contribution in [-0.2, 0) is 6.54 Å². The molecule has 2 aromatic rings. The quantitative estimate of drug-likeness (QED) is 0.849. The molecule has 0 radical (unpaired) electrons. The number of piperazine rings is 1. The van der Waals surface area contributed by atoms with Gasteiger partial charge in [0.05, 0.1) is 6.20 Å². The first kappa shape index (κ1) is 16.2. The lowest BCUT2D eigenvalue weighted by Gasteiger charge is -2.34. The lowest BCUT2D eigenvalue weighted by Crippen LogP contribution is -2.48. The first-order valence-corrected chi connectivity index (χ1v) is 8.35. The van der Waals surface area contributed by atoms with Gasteiger partial charge in [-0.25, -0.2) is 0 Å². The van der Waals surface area contributed by atoms with Crippen LogP contribution in [0.25, 0.3) is 11.5 Å². The zero-order chi connectivity index (χ0) is 16.2. The Labute approximate surface area is 137 Å². The van der Waals surface area contributed by atoms with E-state index in [1.54, 1.807) is 0 Å². The summed E-state index contributed by atoms with van der Waals surface area (Å²) in [6.07, 6.45) is 1.88. The number of nitrogens with zero attached hydrogens (tertiary/aromatic N) is 3. The Balaban J connectivity index is 1.51. The third-order valence-corrected chi connectivity index (χ3v) is 4.47. The SMILES string of the molecule is Cc1ccc(-c2[nH]ncc2CNC(C)CN2CCN(C)CC2)o1. The molecule has 1 saturated heterocycles. The first-order chi connectivity index (χ1) is 11.1. The number of hydrogen-bond acceptors (Lipinski definition) is 5. The molecule has 0 aromatic carbocycles. The van der Waals surface area contributed by atoms with Gasteiger partial charge < -0.3 is 14.6 Å². The molecule has 0 saturated carbocycles. The Morgan fingerprint density at radius 3 is 2.78 bits per heavy atom. The molecule has 6 heteroatoms. The molecule has 2 aromatic heterocycles. The molecular weight excluding hydrogens is 290 g/mol. The fraction of sp³-hybridized carbons (Fsp3) is 0.588. The van der Waals surface area contributed by atoms with Crippen LogP contribution in [0.5, 0.6) is 0 Å². The van der Waals surface area contributed by atoms with Gasteiger partial charge in [0.1, 0.15) is 11.5 Å². The second-order valence-corrected chi connectivity index (χ2v) is 6.57. The minimum absolute atomic E-state index is 0.444. The van der Waals surface area contributed by atoms with Crippen LogP contribution >= 0.6 is 0 Å². The third kappa shape index (κ3) is 4.22. The van der Waals surface area contributed by atoms with Crippen LogP contribution in [0.3, 0.4) is 0 Å². The summed E-state index contributed by atoms with van der Waals surface area (Å²) in [5.41, 5.74) is 2.11. The third-order valence-electron chi connectivity index (χ3n) is 4.47. The Hall–Kier alpha value is -1.63. The Morgan fingerprint density at radius 2 is 2.09 bits per heavy atom. The Morgan fingerprint density at radius 1 is 1.30 bits per heavy atom. The fourth-order valence-corrected chi connectivity index (χ4v) is 2.99. The molecular formula is C17H27N5O. The second kappa shape index (κ2) is 7.29. The number of rotatable bonds is 6. The average molecular weight is 317 g/mol. The molecule has 0 amide bonds. The van der Waals surface area contributed by atoms with Gasteiger partial charge in [-0.3, -0.25) is 10.00 Å². The highest BCUT2D eigenvalue weighted by Gasteiger charge is 2.17. The number of H-pyrrole nitrogens is 1. The number of nitrogens with one attached hydrogen (secondary N) is 2. The summed E-state index contributed by atoms with van der Waals surface area (Å²) in [5.74, 6) is 1.76. The number of hydrogen-bond donors (Lipinski definition) is 2. The maximum Gasteiger partial charge on any atom is 0.152 e. The van der Waals surface area contributed by atoms with Crippen LogP contribution in [0.1, 0.15) is 18.2 Å². The van der Waals surface area contributed by atoms with E-state index in [1.165, 1.54) is 0 Å². The van der Waals surface area contributed by atoms with Crippen LogP contribution in [0.2, 0.25) is 0 Å². The van der Waals surface area contributed by atoms with Crippen molar-refractivity contribution in [1.82, 2.24) is 25.3 Å². The summed E-state index contributed by atoms with van der Waals surface area (Å²) in [4.78, 5) is 4.92. The molecule has 2 N–H and O–H groups in total. The van der Waals surface area contributed by atoms with Crippen molar-refractivity contribution < 1.29 is 4.42 Å². The van der Waals surface area contributed by atoms with Crippen LogP contribution in [0, 0.1) is 6.92 Å². The predicted molar refractivity (Wildman–Crippen MR) is 91.3 cm³/mol. The molecule has 1 aliphatic heterocycles. The van der Waals surface area contributed by atoms with Gasteiger partial charge in [0.15, 0.2) is 5.76 Å². The van der Waals surface area contributed by atoms with Crippen molar-refractivity contribution in [2.45, 2.75) is 26.4 Å². The standard InChI is InChI=1S/C17H27N5O/c1-13(12-22-8-6-21(3)7-9-22)18-10-15-11-19-20-17(15)16-5-4-14(2)23-16/h4-5,11,13,18H,6-10,12H2,1-3H3,(H,19,20). The van der Waals surface area contributed by atoms with E-state index in [4.69, 9.17) is 4.42 Å². The van der Waals surface area contributed by atoms with E-state index in [2.05, 4.69) is 39.3 Å². The highest BCUT2D eigenvalue weighted by atomic mass is 16.3. The van der Waals surface area contributed by atoms with Crippen molar-refractivity contribution in [2.24, 2.45) is 0 Å². The van der Waals surface area contributed by atoms with Crippen LogP contribution in [0.15, 0.2) is 22.7 Å². The smallest absolute Gasteiger partial charge is 0.152 e. The molecule has 0 spiro atoms. The molecule has 3 heterocycles. The van der Waals surface area contributed by atoms with Crippen molar-refractivity contribution in [3.63, 3.8) is 0 Å². The van der Waals surface area contributed by atoms with Crippen molar-refractivity contribution in [3.8, 4) is 11.5 Å². The summed E-state index contributed by atoms with van der Waals surface area (Å²) in [5, 5.41) is 10.8. The molecule has 1 unspecified atom stereocenters. The van der Waals surface area contributed by atoms with Gasteiger partial charge in [-0.2, -0.15) is 5.10 Å². The van der Waals surface area contributed by atoms with Gasteiger partial charge in [-0.1, -0.05) is 0 Å². The molecule has 1 aliphatic rings. The molecule has 0 bridgehead atoms. The highest BCUT2D eigenvalue weighted by Crippen LogP contribution is 2.23. The maximum absolute atomic E-state index is 5.70. The van der Waals surface area contributed by atoms with Crippen LogP contribution < -0.4 is 5.32 Å². The molecule has 3 rings (SSSR count). The average Bonchev–Trinajstić information content (AvgIpc) is 3.16. The van der Waals surface area contributed by atoms with Gasteiger partial charge >= 0.3 is 0 Å². The van der Waals surface area contributed by atoms with Gasteiger partial charge in [0, 0.05) is 50.9 Å². The van der Waals surface area contributed by atoms with Gasteiger partial charge in [-0.15, -0.1) is 0 Å². The van der Waals surface area contributed by atoms with E-state index >= 15 is 0 Å². The topological polar surface area (TPSA) is 60.3 Å². The van der Waals surface area contributed by atoms with E-state index in [0.717, 1.165) is 62.0 Å². The number of aromatic nitrogens is 2. The van der Waals surface area contributed by atoms with E-state index in [1.807, 2.05) is 25.3 Å². The summed E-state index contributed by atoms with van der Waals surface area (Å²) >= 11 is 0. The van der Waals surface area contributed by atoms with Crippen molar-refractivity contribution in [3.05, 3.63) is 29.7 Å². The van der Waals surface area contributed by atoms with Crippen LogP contribution in [-0.4, -0.2) is 65.8 Å². The van der Waals surface area contributed by atoms with E-state index < -0.39 is 0 Å². The van der Waals surface area contributed by atoms with Gasteiger partial charge in [0.2, 0.25) is 0 Å². The Bertz CT molecular complexity index is 612. The highest BCUT2D eigenvalue weighted by molar-refractivity contribution is 5.56. The minimum Gasteiger partial charge on any atom is -0.460 e. The zero-order valence-electron chi connectivity index (χ0n) is 14.3. The van der Waals surface area contributed by atoms with Gasteiger partial charge in [-0.05, 0) is 33.0 Å². The van der Waals surface area contributed by atoms with E-state index in [-0.39, 0.29) is 0 Å². The number of aryl methyl sites for hydroxylation is 1. The normalized spacial score (nSPS) is 18.4. The summed E-state index contributed by atoms with van der Waals surface area (Å²) in [6, 6.07) is 4.41. The molecule has 23 heavy (non-hydrogen) atoms.